The lowest BCUT2D eigenvalue weighted by Crippen LogP contribution is -2.40. The largest absolute Gasteiger partial charge is 0.445 e. The summed E-state index contributed by atoms with van der Waals surface area (Å²) in [5.41, 5.74) is 0.422. The monoisotopic (exact) mass is 293 g/mol. The second-order valence-electron chi connectivity index (χ2n) is 6.42. The summed E-state index contributed by atoms with van der Waals surface area (Å²) in [6.07, 6.45) is 2.58. The number of aromatic nitrogens is 1. The minimum Gasteiger partial charge on any atom is -0.445 e. The predicted molar refractivity (Wildman–Crippen MR) is 82.5 cm³/mol. The van der Waals surface area contributed by atoms with Crippen LogP contribution in [0.1, 0.15) is 61.7 Å². The molecule has 1 aromatic rings. The summed E-state index contributed by atoms with van der Waals surface area (Å²) in [4.78, 5) is 18.9. The van der Waals surface area contributed by atoms with Gasteiger partial charge in [0.1, 0.15) is 5.76 Å². The molecule has 1 fully saturated rings. The zero-order valence-electron chi connectivity index (χ0n) is 13.6. The van der Waals surface area contributed by atoms with Crippen LogP contribution >= 0.6 is 0 Å². The highest BCUT2D eigenvalue weighted by molar-refractivity contribution is 5.93. The Morgan fingerprint density at radius 1 is 1.52 bits per heavy atom. The number of nitrogens with one attached hydrogen (secondary N) is 1. The van der Waals surface area contributed by atoms with Crippen molar-refractivity contribution in [3.63, 3.8) is 0 Å². The highest BCUT2D eigenvalue weighted by atomic mass is 16.4. The minimum absolute atomic E-state index is 0.131. The summed E-state index contributed by atoms with van der Waals surface area (Å²) < 4.78 is 5.53. The summed E-state index contributed by atoms with van der Waals surface area (Å²) in [6.45, 7) is 11.9. The van der Waals surface area contributed by atoms with Crippen molar-refractivity contribution < 1.29 is 9.21 Å². The van der Waals surface area contributed by atoms with Crippen LogP contribution in [0.2, 0.25) is 0 Å². The van der Waals surface area contributed by atoms with Gasteiger partial charge in [-0.05, 0) is 32.2 Å². The number of aryl methyl sites for hydroxylation is 1. The van der Waals surface area contributed by atoms with E-state index in [9.17, 15) is 4.79 Å². The van der Waals surface area contributed by atoms with Crippen LogP contribution in [0.15, 0.2) is 4.42 Å². The molecular weight excluding hydrogens is 266 g/mol. The lowest BCUT2D eigenvalue weighted by molar-refractivity contribution is 0.0938. The fraction of sp³-hybridized carbons (Fsp3) is 0.750. The third-order valence-electron chi connectivity index (χ3n) is 3.98. The first kappa shape index (κ1) is 16.0. The summed E-state index contributed by atoms with van der Waals surface area (Å²) >= 11 is 0. The number of likely N-dealkylation sites (tertiary alicyclic amines) is 1. The zero-order chi connectivity index (χ0) is 15.4. The van der Waals surface area contributed by atoms with Crippen molar-refractivity contribution in [1.82, 2.24) is 15.2 Å². The first-order valence-electron chi connectivity index (χ1n) is 7.95. The zero-order valence-corrected chi connectivity index (χ0v) is 13.6. The SMILES string of the molecule is Cc1oc(C(C)C)nc1C(=O)NCCN1CCC[C@@H](C)C1. The van der Waals surface area contributed by atoms with Gasteiger partial charge in [0.25, 0.3) is 5.91 Å². The van der Waals surface area contributed by atoms with Crippen LogP contribution in [0.5, 0.6) is 0 Å². The average molecular weight is 293 g/mol. The lowest BCUT2D eigenvalue weighted by atomic mass is 10.0. The van der Waals surface area contributed by atoms with Crippen molar-refractivity contribution >= 4 is 5.91 Å². The maximum atomic E-state index is 12.2. The van der Waals surface area contributed by atoms with E-state index >= 15 is 0 Å². The first-order valence-corrected chi connectivity index (χ1v) is 7.95. The molecule has 0 saturated carbocycles. The van der Waals surface area contributed by atoms with Crippen molar-refractivity contribution in [3.8, 4) is 0 Å². The Morgan fingerprint density at radius 2 is 2.29 bits per heavy atom. The number of oxazole rings is 1. The molecule has 0 unspecified atom stereocenters. The molecule has 1 atom stereocenters. The Balaban J connectivity index is 1.81. The van der Waals surface area contributed by atoms with E-state index in [1.807, 2.05) is 13.8 Å². The molecule has 1 aliphatic rings. The number of amides is 1. The van der Waals surface area contributed by atoms with E-state index < -0.39 is 0 Å². The van der Waals surface area contributed by atoms with E-state index in [2.05, 4.69) is 22.1 Å². The third kappa shape index (κ3) is 4.30. The van der Waals surface area contributed by atoms with E-state index in [-0.39, 0.29) is 11.8 Å². The molecule has 5 heteroatoms. The number of carbonyl (C=O) groups is 1. The van der Waals surface area contributed by atoms with Crippen LogP contribution in [-0.2, 0) is 0 Å². The van der Waals surface area contributed by atoms with Crippen molar-refractivity contribution in [1.29, 1.82) is 0 Å². The Kier molecular flexibility index (Phi) is 5.39. The van der Waals surface area contributed by atoms with E-state index in [0.29, 0.717) is 23.9 Å². The normalized spacial score (nSPS) is 20.0. The predicted octanol–water partition coefficient (Wildman–Crippen LogP) is 2.57. The summed E-state index contributed by atoms with van der Waals surface area (Å²) in [6, 6.07) is 0. The fourth-order valence-electron chi connectivity index (χ4n) is 2.78. The Labute approximate surface area is 127 Å². The topological polar surface area (TPSA) is 58.4 Å². The highest BCUT2D eigenvalue weighted by Crippen LogP contribution is 2.17. The van der Waals surface area contributed by atoms with E-state index in [4.69, 9.17) is 4.42 Å². The summed E-state index contributed by atoms with van der Waals surface area (Å²) in [5, 5.41) is 2.95. The van der Waals surface area contributed by atoms with Crippen LogP contribution in [0.3, 0.4) is 0 Å². The van der Waals surface area contributed by atoms with Gasteiger partial charge in [0.15, 0.2) is 11.6 Å². The van der Waals surface area contributed by atoms with Gasteiger partial charge < -0.3 is 14.6 Å². The molecule has 1 aliphatic heterocycles. The van der Waals surface area contributed by atoms with Crippen molar-refractivity contribution in [2.45, 2.75) is 46.5 Å². The second kappa shape index (κ2) is 7.07. The molecule has 1 amide bonds. The fourth-order valence-corrected chi connectivity index (χ4v) is 2.78. The Morgan fingerprint density at radius 3 is 2.90 bits per heavy atom. The quantitative estimate of drug-likeness (QED) is 0.906. The van der Waals surface area contributed by atoms with Crippen LogP contribution in [0, 0.1) is 12.8 Å². The lowest BCUT2D eigenvalue weighted by Gasteiger charge is -2.30. The number of hydrogen-bond acceptors (Lipinski definition) is 4. The average Bonchev–Trinajstić information content (AvgIpc) is 2.81. The highest BCUT2D eigenvalue weighted by Gasteiger charge is 2.19. The molecule has 0 spiro atoms. The molecule has 0 radical (unpaired) electrons. The molecule has 0 bridgehead atoms. The van der Waals surface area contributed by atoms with Gasteiger partial charge in [-0.25, -0.2) is 4.98 Å². The standard InChI is InChI=1S/C16H27N3O2/c1-11(2)16-18-14(13(4)21-16)15(20)17-7-9-19-8-5-6-12(3)10-19/h11-12H,5-10H2,1-4H3,(H,17,20)/t12-/m1/s1. The van der Waals surface area contributed by atoms with Gasteiger partial charge >= 0.3 is 0 Å². The molecule has 2 rings (SSSR count). The number of nitrogens with zero attached hydrogens (tertiary/aromatic N) is 2. The minimum atomic E-state index is -0.131. The maximum absolute atomic E-state index is 12.2. The van der Waals surface area contributed by atoms with Gasteiger partial charge in [-0.3, -0.25) is 4.79 Å². The Hall–Kier alpha value is -1.36. The van der Waals surface area contributed by atoms with Crippen molar-refractivity contribution in [3.05, 3.63) is 17.3 Å². The van der Waals surface area contributed by atoms with Crippen LogP contribution in [-0.4, -0.2) is 42.0 Å². The molecule has 1 aromatic heterocycles. The van der Waals surface area contributed by atoms with Crippen LogP contribution in [0.4, 0.5) is 0 Å². The van der Waals surface area contributed by atoms with Crippen LogP contribution < -0.4 is 5.32 Å². The molecule has 21 heavy (non-hydrogen) atoms. The van der Waals surface area contributed by atoms with Gasteiger partial charge in [0.2, 0.25) is 0 Å². The van der Waals surface area contributed by atoms with E-state index in [1.54, 1.807) is 6.92 Å². The number of rotatable bonds is 5. The second-order valence-corrected chi connectivity index (χ2v) is 6.42. The van der Waals surface area contributed by atoms with E-state index in [0.717, 1.165) is 25.6 Å². The van der Waals surface area contributed by atoms with Crippen LogP contribution in [0.25, 0.3) is 0 Å². The Bertz CT molecular complexity index is 482. The first-order chi connectivity index (χ1) is 9.97. The molecule has 0 aromatic carbocycles. The number of hydrogen-bond donors (Lipinski definition) is 1. The molecule has 1 N–H and O–H groups in total. The number of piperidine rings is 1. The molecule has 5 nitrogen and oxygen atoms in total. The van der Waals surface area contributed by atoms with Crippen molar-refractivity contribution in [2.24, 2.45) is 5.92 Å². The molecule has 0 aliphatic carbocycles. The van der Waals surface area contributed by atoms with Gasteiger partial charge in [-0.15, -0.1) is 0 Å². The van der Waals surface area contributed by atoms with E-state index in [1.165, 1.54) is 12.8 Å². The smallest absolute Gasteiger partial charge is 0.273 e. The van der Waals surface area contributed by atoms with Gasteiger partial charge in [-0.1, -0.05) is 20.8 Å². The van der Waals surface area contributed by atoms with Gasteiger partial charge in [0, 0.05) is 25.6 Å². The molecule has 2 heterocycles. The molecule has 1 saturated heterocycles. The molecule has 118 valence electrons. The van der Waals surface area contributed by atoms with Crippen molar-refractivity contribution in [2.75, 3.05) is 26.2 Å². The number of carbonyl (C=O) groups excluding carboxylic acids is 1. The maximum Gasteiger partial charge on any atom is 0.273 e. The summed E-state index contributed by atoms with van der Waals surface area (Å²) in [5.74, 6) is 2.06. The third-order valence-corrected chi connectivity index (χ3v) is 3.98. The van der Waals surface area contributed by atoms with Gasteiger partial charge in [-0.2, -0.15) is 0 Å². The molecular formula is C16H27N3O2. The summed E-state index contributed by atoms with van der Waals surface area (Å²) in [7, 11) is 0. The van der Waals surface area contributed by atoms with Gasteiger partial charge in [0.05, 0.1) is 0 Å².